The van der Waals surface area contributed by atoms with Crippen molar-refractivity contribution in [1.82, 2.24) is 0 Å². The second-order valence-corrected chi connectivity index (χ2v) is 36.9. The molecule has 676 valence electrons. The Balaban J connectivity index is 0.000000231. The fraction of sp³-hybridized carbons (Fsp3) is 0.289. The van der Waals surface area contributed by atoms with Gasteiger partial charge in [-0.05, 0) is 166 Å². The molecule has 0 atom stereocenters. The van der Waals surface area contributed by atoms with Crippen molar-refractivity contribution in [3.63, 3.8) is 0 Å². The van der Waals surface area contributed by atoms with Gasteiger partial charge in [0.2, 0.25) is 26.9 Å². The maximum Gasteiger partial charge on any atom is 0.591 e. The largest absolute Gasteiger partial charge is 0.591 e. The molecule has 1 aliphatic heterocycles. The first-order valence-corrected chi connectivity index (χ1v) is 46.3. The summed E-state index contributed by atoms with van der Waals surface area (Å²) in [6.07, 6.45) is 8.44. The van der Waals surface area contributed by atoms with Crippen LogP contribution in [0.25, 0.3) is 0 Å². The van der Waals surface area contributed by atoms with E-state index in [2.05, 4.69) is 325 Å². The Labute approximate surface area is 789 Å². The van der Waals surface area contributed by atoms with Crippen LogP contribution in [0.1, 0.15) is 173 Å². The van der Waals surface area contributed by atoms with E-state index in [0.29, 0.717) is 55.0 Å². The van der Waals surface area contributed by atoms with Crippen molar-refractivity contribution in [2.75, 3.05) is 7.11 Å². The summed E-state index contributed by atoms with van der Waals surface area (Å²) >= 11 is 0. The molecule has 0 aromatic heterocycles. The zero-order chi connectivity index (χ0) is 96.2. The topological polar surface area (TPSA) is 104 Å². The lowest BCUT2D eigenvalue weighted by atomic mass is 9.41. The number of ether oxygens (including phenoxy) is 3. The zero-order valence-electron chi connectivity index (χ0n) is 82.5. The van der Waals surface area contributed by atoms with Gasteiger partial charge < -0.3 is 23.5 Å². The Kier molecular flexibility index (Phi) is 45.4. The molecule has 1 aliphatic rings. The standard InChI is InChI=1S/C21H29B.C18H20O2.C15H17BO.C15H17B.C15H11NO2.C13H13B.C9H21B.C7H7BO2.CH3BF2/c1-20(2,3)16-8-12-18(13-9-16)22(7)19-14-10-17(11-15-19)21(4,5)6;1-13-5-11-16(12-6-13)20-17(19)14-7-9-15(10-8-14)18(2,3)4;1-12-4-6-13(7-5-12)16(2)14-8-10-15(17-3)11-9-14;1-12-8-4-6-10-14(12)16(3)15-11-7-5-9-13(15)2;1-11-2-8-14(9-3-11)18-15(17)13-6-4-12(10-16)5-7-13;1-14(12-8-4-2-5-9-12)13-10-6-3-7-11-13;1-4-6-8-10(3)9-7-5-2;1-8-9-6-4-2-3-5-7(6)10-8;1-2(3)4/h8-15H,1-7H3;5-12H,1-4H3;4-11H,1-3H3;4-11H,1-3H3;2-9H,1H3;2-11H,1H3;4-9H2,1-3H3;2-5H,1H3;1H3. The van der Waals surface area contributed by atoms with Gasteiger partial charge in [0.05, 0.1) is 29.9 Å². The Bertz CT molecular complexity index is 5310. The number of hydrogen-bond donors (Lipinski definition) is 0. The van der Waals surface area contributed by atoms with Crippen LogP contribution in [0.3, 0.4) is 0 Å². The first-order valence-electron chi connectivity index (χ1n) is 46.3. The van der Waals surface area contributed by atoms with Gasteiger partial charge in [-0.15, -0.1) is 0 Å². The fourth-order valence-electron chi connectivity index (χ4n) is 14.3. The number of carbonyl (C=O) groups excluding carboxylic acids is 2. The quantitative estimate of drug-likeness (QED) is 0.0448. The van der Waals surface area contributed by atoms with Gasteiger partial charge >= 0.3 is 26.3 Å². The first-order chi connectivity index (χ1) is 62.3. The number of fused-ring (bicyclic) bond motifs is 1. The Morgan fingerprint density at radius 2 is 0.626 bits per heavy atom. The predicted octanol–water partition coefficient (Wildman–Crippen LogP) is 25.2. The van der Waals surface area contributed by atoms with E-state index in [1.807, 2.05) is 112 Å². The van der Waals surface area contributed by atoms with Crippen LogP contribution in [0.2, 0.25) is 60.4 Å². The minimum atomic E-state index is -2.17. The van der Waals surface area contributed by atoms with Gasteiger partial charge in [-0.1, -0.05) is 463 Å². The number of carbonyl (C=O) groups is 2. The van der Waals surface area contributed by atoms with Crippen LogP contribution in [0.5, 0.6) is 28.7 Å². The van der Waals surface area contributed by atoms with E-state index in [9.17, 15) is 18.2 Å². The minimum absolute atomic E-state index is 0.0827. The fourth-order valence-corrected chi connectivity index (χ4v) is 14.3. The number of para-hydroxylation sites is 2. The molecule has 0 spiro atoms. The maximum absolute atomic E-state index is 12.0. The second kappa shape index (κ2) is 55.2. The van der Waals surface area contributed by atoms with Crippen molar-refractivity contribution in [2.24, 2.45) is 0 Å². The van der Waals surface area contributed by atoms with Gasteiger partial charge in [-0.3, -0.25) is 8.63 Å². The number of benzene rings is 13. The van der Waals surface area contributed by atoms with Gasteiger partial charge in [0.15, 0.2) is 0 Å². The van der Waals surface area contributed by atoms with Crippen LogP contribution in [0.15, 0.2) is 328 Å². The van der Waals surface area contributed by atoms with Crippen LogP contribution in [-0.4, -0.2) is 67.0 Å². The molecule has 13 aromatic carbocycles. The minimum Gasteiger partial charge on any atom is -0.523 e. The van der Waals surface area contributed by atoms with Crippen molar-refractivity contribution in [3.8, 4) is 34.8 Å². The van der Waals surface area contributed by atoms with Crippen LogP contribution in [-0.2, 0) is 16.2 Å². The molecule has 0 saturated carbocycles. The monoisotopic (exact) mass is 1750 g/mol. The molecule has 0 amide bonds. The van der Waals surface area contributed by atoms with E-state index in [-0.39, 0.29) is 29.3 Å². The van der Waals surface area contributed by atoms with Crippen LogP contribution in [0.4, 0.5) is 8.63 Å². The Hall–Kier alpha value is -12.0. The third-order valence-corrected chi connectivity index (χ3v) is 22.9. The molecule has 13 aromatic rings. The number of rotatable bonds is 19. The van der Waals surface area contributed by atoms with E-state index in [1.54, 1.807) is 55.6 Å². The molecule has 17 heteroatoms. The summed E-state index contributed by atoms with van der Waals surface area (Å²) in [5, 5.41) is 8.66. The van der Waals surface area contributed by atoms with Crippen molar-refractivity contribution >= 4 is 104 Å². The lowest BCUT2D eigenvalue weighted by Gasteiger charge is -2.21. The lowest BCUT2D eigenvalue weighted by molar-refractivity contribution is 0.0725. The number of unbranched alkanes of at least 4 members (excludes halogenated alkanes) is 2. The van der Waals surface area contributed by atoms with E-state index in [0.717, 1.165) is 41.9 Å². The van der Waals surface area contributed by atoms with Gasteiger partial charge in [0.1, 0.15) is 35.5 Å². The van der Waals surface area contributed by atoms with Crippen LogP contribution in [0, 0.1) is 45.9 Å². The molecule has 131 heavy (non-hydrogen) atoms. The predicted molar refractivity (Wildman–Crippen MR) is 566 cm³/mol. The van der Waals surface area contributed by atoms with E-state index in [1.165, 1.54) is 115 Å². The third kappa shape index (κ3) is 38.5. The normalized spacial score (nSPS) is 10.7. The molecule has 0 fully saturated rings. The molecule has 14 rings (SSSR count). The smallest absolute Gasteiger partial charge is 0.523 e. The highest BCUT2D eigenvalue weighted by Gasteiger charge is 2.26. The van der Waals surface area contributed by atoms with Gasteiger partial charge in [0, 0.05) is 0 Å². The average molecular weight is 1750 g/mol. The number of methoxy groups -OCH3 is 1. The molecular formula is C114H138B7F2NO7. The van der Waals surface area contributed by atoms with Crippen molar-refractivity contribution in [1.29, 1.82) is 5.26 Å². The molecule has 0 radical (unpaired) electrons. The van der Waals surface area contributed by atoms with Crippen LogP contribution < -0.4 is 67.2 Å². The van der Waals surface area contributed by atoms with Gasteiger partial charge in [-0.25, -0.2) is 9.59 Å². The molecule has 8 nitrogen and oxygen atoms in total. The van der Waals surface area contributed by atoms with Crippen molar-refractivity contribution < 1.29 is 41.7 Å². The Morgan fingerprint density at radius 1 is 0.359 bits per heavy atom. The molecule has 0 N–H and O–H groups in total. The second-order valence-electron chi connectivity index (χ2n) is 36.9. The van der Waals surface area contributed by atoms with Gasteiger partial charge in [-0.2, -0.15) is 5.26 Å². The molecule has 1 heterocycles. The van der Waals surface area contributed by atoms with Crippen molar-refractivity contribution in [2.45, 2.75) is 213 Å². The number of hydrogen-bond acceptors (Lipinski definition) is 8. The summed E-state index contributed by atoms with van der Waals surface area (Å²) in [6.45, 7) is 51.9. The first kappa shape index (κ1) is 108. The number of nitrogens with zero attached hydrogens (tertiary/aromatic N) is 1. The number of nitriles is 1. The molecular weight excluding hydrogens is 1610 g/mol. The van der Waals surface area contributed by atoms with Crippen molar-refractivity contribution in [3.05, 3.63) is 389 Å². The Morgan fingerprint density at radius 3 is 0.931 bits per heavy atom. The summed E-state index contributed by atoms with van der Waals surface area (Å²) in [5.74, 6) is 2.92. The number of esters is 2. The van der Waals surface area contributed by atoms with Gasteiger partial charge in [0.25, 0.3) is 0 Å². The SMILES string of the molecule is CB(F)F.CB(c1ccc(C(C)(C)C)cc1)c1ccc(C(C)(C)C)cc1.CB(c1ccccc1)c1ccccc1.CB(c1ccccc1C)c1ccccc1C.CB1Oc2ccccc2O1.CCCCB(C)CCCC.COc1ccc(B(C)c2ccc(C)cc2)cc1.Cc1ccc(OC(=O)c2ccc(C#N)cc2)cc1.Cc1ccc(OC(=O)c2ccc(C(C)(C)C)cc2)cc1. The van der Waals surface area contributed by atoms with E-state index in [4.69, 9.17) is 28.8 Å². The maximum atomic E-state index is 12.0. The highest BCUT2D eigenvalue weighted by atomic mass is 19.2. The summed E-state index contributed by atoms with van der Waals surface area (Å²) < 4.78 is 47.0. The van der Waals surface area contributed by atoms with Crippen LogP contribution >= 0.6 is 0 Å². The zero-order valence-corrected chi connectivity index (χ0v) is 82.5. The highest BCUT2D eigenvalue weighted by molar-refractivity contribution is 6.85. The van der Waals surface area contributed by atoms with E-state index >= 15 is 0 Å². The average Bonchev–Trinajstić information content (AvgIpc) is 1.53. The summed E-state index contributed by atoms with van der Waals surface area (Å²) in [6, 6.07) is 112. The lowest BCUT2D eigenvalue weighted by Crippen LogP contribution is -2.41. The molecule has 0 saturated heterocycles. The molecule has 0 unspecified atom stereocenters. The molecule has 0 aliphatic carbocycles. The summed E-state index contributed by atoms with van der Waals surface area (Å²) in [5.41, 5.74) is 23.3. The summed E-state index contributed by atoms with van der Waals surface area (Å²) in [4.78, 5) is 23.8. The third-order valence-electron chi connectivity index (χ3n) is 22.9. The summed E-state index contributed by atoms with van der Waals surface area (Å²) in [7, 11) is -0.601. The number of halogens is 2. The highest BCUT2D eigenvalue weighted by Crippen LogP contribution is 2.32. The van der Waals surface area contributed by atoms with E-state index < -0.39 is 13.2 Å². The number of aryl methyl sites for hydroxylation is 5. The molecule has 0 bridgehead atoms.